The molecule has 4 aromatic rings. The predicted molar refractivity (Wildman–Crippen MR) is 102 cm³/mol. The van der Waals surface area contributed by atoms with Crippen LogP contribution in [-0.2, 0) is 0 Å². The number of carbonyl (C=O) groups is 1. The Labute approximate surface area is 158 Å². The minimum Gasteiger partial charge on any atom is -0.493 e. The first-order valence-electron chi connectivity index (χ1n) is 8.04. The first-order chi connectivity index (χ1) is 13.2. The van der Waals surface area contributed by atoms with E-state index >= 15 is 0 Å². The van der Waals surface area contributed by atoms with E-state index in [2.05, 4.69) is 15.5 Å². The molecule has 0 radical (unpaired) electrons. The summed E-state index contributed by atoms with van der Waals surface area (Å²) in [6.07, 6.45) is 2.00. The van der Waals surface area contributed by atoms with Crippen molar-refractivity contribution in [3.63, 3.8) is 0 Å². The Balaban J connectivity index is 1.54. The van der Waals surface area contributed by atoms with E-state index in [1.165, 1.54) is 0 Å². The van der Waals surface area contributed by atoms with E-state index in [0.717, 1.165) is 15.8 Å². The summed E-state index contributed by atoms with van der Waals surface area (Å²) < 4.78 is 16.4. The van der Waals surface area contributed by atoms with Gasteiger partial charge in [0.1, 0.15) is 0 Å². The summed E-state index contributed by atoms with van der Waals surface area (Å²) in [6.45, 7) is 0. The average Bonchev–Trinajstić information content (AvgIpc) is 3.34. The Morgan fingerprint density at radius 2 is 1.93 bits per heavy atom. The number of nitrogens with one attached hydrogen (secondary N) is 1. The second-order valence-electron chi connectivity index (χ2n) is 5.58. The lowest BCUT2D eigenvalue weighted by molar-refractivity contribution is 0.0995. The summed E-state index contributed by atoms with van der Waals surface area (Å²) >= 11 is 1.65. The number of amides is 1. The highest BCUT2D eigenvalue weighted by Crippen LogP contribution is 2.29. The fraction of sp³-hybridized carbons (Fsp3) is 0.105. The molecule has 8 heteroatoms. The molecule has 0 spiro atoms. The van der Waals surface area contributed by atoms with Gasteiger partial charge < -0.3 is 13.6 Å². The smallest absolute Gasteiger partial charge is 0.322 e. The van der Waals surface area contributed by atoms with Crippen LogP contribution in [0.15, 0.2) is 62.3 Å². The molecule has 2 aromatic heterocycles. The van der Waals surface area contributed by atoms with Crippen LogP contribution in [0.1, 0.15) is 10.6 Å². The molecule has 4 rings (SSSR count). The number of aromatic nitrogens is 2. The van der Waals surface area contributed by atoms with Gasteiger partial charge in [-0.3, -0.25) is 10.1 Å². The lowest BCUT2D eigenvalue weighted by Gasteiger charge is -1.99. The van der Waals surface area contributed by atoms with Crippen LogP contribution in [0.5, 0.6) is 5.75 Å². The van der Waals surface area contributed by atoms with Gasteiger partial charge in [-0.15, -0.1) is 16.9 Å². The number of nitrogens with zero attached hydrogens (tertiary/aromatic N) is 2. The SMILES string of the molecule is COc1cccc2cc(C(=O)Nc3nnc(-c4ccc(SC)cc4)o3)oc12. The van der Waals surface area contributed by atoms with E-state index in [1.807, 2.05) is 42.7 Å². The summed E-state index contributed by atoms with van der Waals surface area (Å²) in [5.74, 6) is 0.518. The maximum Gasteiger partial charge on any atom is 0.322 e. The summed E-state index contributed by atoms with van der Waals surface area (Å²) in [5.41, 5.74) is 1.28. The zero-order chi connectivity index (χ0) is 18.8. The number of carbonyl (C=O) groups excluding carboxylic acids is 1. The van der Waals surface area contributed by atoms with Gasteiger partial charge in [-0.05, 0) is 42.7 Å². The largest absolute Gasteiger partial charge is 0.493 e. The molecule has 0 saturated heterocycles. The molecule has 0 unspecified atom stereocenters. The maximum atomic E-state index is 12.4. The van der Waals surface area contributed by atoms with Gasteiger partial charge in [-0.2, -0.15) is 0 Å². The fourth-order valence-corrected chi connectivity index (χ4v) is 3.00. The standard InChI is InChI=1S/C19H15N3O4S/c1-24-14-5-3-4-12-10-15(25-16(12)14)17(23)20-19-22-21-18(26-19)11-6-8-13(27-2)9-7-11/h3-10H,1-2H3,(H,20,22,23). The lowest BCUT2D eigenvalue weighted by atomic mass is 10.2. The van der Waals surface area contributed by atoms with E-state index in [-0.39, 0.29) is 11.8 Å². The molecular weight excluding hydrogens is 366 g/mol. The minimum absolute atomic E-state index is 0.00337. The molecule has 0 saturated carbocycles. The van der Waals surface area contributed by atoms with E-state index in [0.29, 0.717) is 17.2 Å². The van der Waals surface area contributed by atoms with Crippen LogP contribution < -0.4 is 10.1 Å². The molecule has 0 bridgehead atoms. The van der Waals surface area contributed by atoms with E-state index in [4.69, 9.17) is 13.6 Å². The summed E-state index contributed by atoms with van der Waals surface area (Å²) in [5, 5.41) is 11.2. The van der Waals surface area contributed by atoms with Crippen molar-refractivity contribution in [1.82, 2.24) is 10.2 Å². The number of thioether (sulfide) groups is 1. The molecule has 0 fully saturated rings. The first kappa shape index (κ1) is 17.2. The Hall–Kier alpha value is -3.26. The Morgan fingerprint density at radius 3 is 2.67 bits per heavy atom. The van der Waals surface area contributed by atoms with Crippen LogP contribution in [0.4, 0.5) is 6.01 Å². The Morgan fingerprint density at radius 1 is 1.11 bits per heavy atom. The van der Waals surface area contributed by atoms with E-state index < -0.39 is 5.91 Å². The number of para-hydroxylation sites is 1. The number of rotatable bonds is 5. The molecule has 2 aromatic carbocycles. The molecule has 0 aliphatic heterocycles. The van der Waals surface area contributed by atoms with Crippen molar-refractivity contribution in [2.75, 3.05) is 18.7 Å². The number of anilines is 1. The molecule has 136 valence electrons. The topological polar surface area (TPSA) is 90.4 Å². The summed E-state index contributed by atoms with van der Waals surface area (Å²) in [4.78, 5) is 13.6. The molecule has 0 atom stereocenters. The summed E-state index contributed by atoms with van der Waals surface area (Å²) in [7, 11) is 1.54. The predicted octanol–water partition coefficient (Wildman–Crippen LogP) is 4.47. The molecular formula is C19H15N3O4S. The van der Waals surface area contributed by atoms with Crippen molar-refractivity contribution in [2.45, 2.75) is 4.90 Å². The van der Waals surface area contributed by atoms with E-state index in [1.54, 1.807) is 31.0 Å². The molecule has 1 amide bonds. The van der Waals surface area contributed by atoms with Crippen LogP contribution in [0.25, 0.3) is 22.4 Å². The van der Waals surface area contributed by atoms with Crippen molar-refractivity contribution in [2.24, 2.45) is 0 Å². The molecule has 2 heterocycles. The molecule has 27 heavy (non-hydrogen) atoms. The van der Waals surface area contributed by atoms with Crippen LogP contribution in [0, 0.1) is 0 Å². The molecule has 7 nitrogen and oxygen atoms in total. The number of fused-ring (bicyclic) bond motifs is 1. The van der Waals surface area contributed by atoms with Gasteiger partial charge in [0.2, 0.25) is 5.89 Å². The highest BCUT2D eigenvalue weighted by Gasteiger charge is 2.18. The Bertz CT molecular complexity index is 1100. The van der Waals surface area contributed by atoms with Crippen molar-refractivity contribution < 1.29 is 18.4 Å². The maximum absolute atomic E-state index is 12.4. The van der Waals surface area contributed by atoms with Gasteiger partial charge in [0.15, 0.2) is 17.1 Å². The first-order valence-corrected chi connectivity index (χ1v) is 9.26. The monoisotopic (exact) mass is 381 g/mol. The fourth-order valence-electron chi connectivity index (χ4n) is 2.59. The van der Waals surface area contributed by atoms with Gasteiger partial charge in [0, 0.05) is 15.8 Å². The normalized spacial score (nSPS) is 10.9. The third kappa shape index (κ3) is 3.39. The second-order valence-corrected chi connectivity index (χ2v) is 6.46. The Kier molecular flexibility index (Phi) is 4.55. The molecule has 0 aliphatic carbocycles. The zero-order valence-corrected chi connectivity index (χ0v) is 15.4. The van der Waals surface area contributed by atoms with Gasteiger partial charge in [0.05, 0.1) is 7.11 Å². The number of furan rings is 1. The van der Waals surface area contributed by atoms with Gasteiger partial charge in [0.25, 0.3) is 5.91 Å². The number of methoxy groups -OCH3 is 1. The quantitative estimate of drug-likeness (QED) is 0.510. The average molecular weight is 381 g/mol. The van der Waals surface area contributed by atoms with Gasteiger partial charge in [-0.25, -0.2) is 0 Å². The van der Waals surface area contributed by atoms with Crippen molar-refractivity contribution in [3.8, 4) is 17.2 Å². The molecule has 1 N–H and O–H groups in total. The van der Waals surface area contributed by atoms with Crippen molar-refractivity contribution >= 4 is 34.7 Å². The number of hydrogen-bond donors (Lipinski definition) is 1. The minimum atomic E-state index is -0.485. The third-order valence-electron chi connectivity index (χ3n) is 3.93. The van der Waals surface area contributed by atoms with Crippen LogP contribution in [-0.4, -0.2) is 29.5 Å². The number of hydrogen-bond acceptors (Lipinski definition) is 7. The third-order valence-corrected chi connectivity index (χ3v) is 4.68. The van der Waals surface area contributed by atoms with Crippen LogP contribution >= 0.6 is 11.8 Å². The second kappa shape index (κ2) is 7.16. The number of ether oxygens (including phenoxy) is 1. The van der Waals surface area contributed by atoms with E-state index in [9.17, 15) is 4.79 Å². The zero-order valence-electron chi connectivity index (χ0n) is 14.6. The summed E-state index contributed by atoms with van der Waals surface area (Å²) in [6, 6.07) is 14.7. The highest BCUT2D eigenvalue weighted by molar-refractivity contribution is 7.98. The van der Waals surface area contributed by atoms with Gasteiger partial charge >= 0.3 is 6.01 Å². The van der Waals surface area contributed by atoms with Gasteiger partial charge in [-0.1, -0.05) is 17.2 Å². The highest BCUT2D eigenvalue weighted by atomic mass is 32.2. The van der Waals surface area contributed by atoms with Crippen molar-refractivity contribution in [3.05, 3.63) is 54.3 Å². The lowest BCUT2D eigenvalue weighted by Crippen LogP contribution is -2.10. The van der Waals surface area contributed by atoms with Crippen molar-refractivity contribution in [1.29, 1.82) is 0 Å². The van der Waals surface area contributed by atoms with Crippen LogP contribution in [0.2, 0.25) is 0 Å². The van der Waals surface area contributed by atoms with Crippen LogP contribution in [0.3, 0.4) is 0 Å². The number of benzene rings is 2. The molecule has 0 aliphatic rings.